The van der Waals surface area contributed by atoms with Crippen molar-refractivity contribution in [1.82, 2.24) is 0 Å². The zero-order chi connectivity index (χ0) is 16.5. The molecule has 0 aromatic rings. The molecule has 24 heavy (non-hydrogen) atoms. The van der Waals surface area contributed by atoms with Crippen molar-refractivity contribution in [2.24, 2.45) is 23.2 Å². The maximum Gasteiger partial charge on any atom is 0.270 e. The van der Waals surface area contributed by atoms with E-state index in [-0.39, 0.29) is 12.4 Å². The van der Waals surface area contributed by atoms with Crippen LogP contribution in [0.25, 0.3) is 0 Å². The molecule has 1 heterocycles. The van der Waals surface area contributed by atoms with Crippen molar-refractivity contribution in [3.05, 3.63) is 0 Å². The van der Waals surface area contributed by atoms with E-state index < -0.39 is 21.5 Å². The Kier molecular flexibility index (Phi) is 3.62. The monoisotopic (exact) mass is 356 g/mol. The van der Waals surface area contributed by atoms with E-state index in [1.165, 1.54) is 38.5 Å². The summed E-state index contributed by atoms with van der Waals surface area (Å²) in [5.41, 5.74) is 0.293. The highest BCUT2D eigenvalue weighted by atomic mass is 32.2. The fourth-order valence-corrected chi connectivity index (χ4v) is 7.94. The van der Waals surface area contributed by atoms with Crippen molar-refractivity contribution in [2.45, 2.75) is 88.0 Å². The molecule has 6 aliphatic rings. The first kappa shape index (κ1) is 16.0. The van der Waals surface area contributed by atoms with E-state index in [0.717, 1.165) is 30.6 Å². The summed E-state index contributed by atoms with van der Waals surface area (Å²) in [4.78, 5) is 0. The van der Waals surface area contributed by atoms with Gasteiger partial charge < -0.3 is 9.47 Å². The second kappa shape index (κ2) is 5.41. The van der Waals surface area contributed by atoms with Crippen LogP contribution in [0.5, 0.6) is 0 Å². The van der Waals surface area contributed by atoms with Gasteiger partial charge in [0.05, 0.1) is 6.10 Å². The molecule has 0 aromatic heterocycles. The van der Waals surface area contributed by atoms with Crippen LogP contribution >= 0.6 is 0 Å². The van der Waals surface area contributed by atoms with Crippen LogP contribution in [-0.4, -0.2) is 36.7 Å². The van der Waals surface area contributed by atoms with E-state index in [4.69, 9.17) is 9.47 Å². The minimum Gasteiger partial charge on any atom is -0.345 e. The molecule has 6 fully saturated rings. The summed E-state index contributed by atoms with van der Waals surface area (Å²) in [6.07, 6.45) is 10.6. The predicted molar refractivity (Wildman–Crippen MR) is 87.9 cm³/mol. The zero-order valence-corrected chi connectivity index (χ0v) is 14.9. The summed E-state index contributed by atoms with van der Waals surface area (Å²) in [5, 5.41) is -0.771. The normalized spacial score (nSPS) is 53.3. The molecule has 5 saturated carbocycles. The largest absolute Gasteiger partial charge is 0.345 e. The summed E-state index contributed by atoms with van der Waals surface area (Å²) in [7, 11) is -4.04. The number of hydrogen-bond donors (Lipinski definition) is 1. The van der Waals surface area contributed by atoms with Gasteiger partial charge in [-0.05, 0) is 69.1 Å². The molecule has 4 bridgehead atoms. The molecule has 5 nitrogen and oxygen atoms in total. The maximum atomic E-state index is 11.6. The van der Waals surface area contributed by atoms with Crippen molar-refractivity contribution in [1.29, 1.82) is 0 Å². The summed E-state index contributed by atoms with van der Waals surface area (Å²) < 4.78 is 44.8. The van der Waals surface area contributed by atoms with Crippen LogP contribution in [0.15, 0.2) is 0 Å². The van der Waals surface area contributed by atoms with E-state index in [1.54, 1.807) is 0 Å². The van der Waals surface area contributed by atoms with Crippen molar-refractivity contribution in [2.75, 3.05) is 0 Å². The number of ether oxygens (including phenoxy) is 2. The standard InChI is InChI=1S/C18H28O5S/c19-24(20,21)15-4-2-1-3-14(15)22-17-16(23-17)18-8-11-5-12(9-18)7-13(6-11)10-18/h11-17H,1-10H2,(H,19,20,21). The maximum absolute atomic E-state index is 11.6. The van der Waals surface area contributed by atoms with Gasteiger partial charge >= 0.3 is 0 Å². The number of hydrogen-bond acceptors (Lipinski definition) is 4. The first-order valence-electron chi connectivity index (χ1n) is 9.70. The highest BCUT2D eigenvalue weighted by Gasteiger charge is 2.63. The van der Waals surface area contributed by atoms with Gasteiger partial charge in [-0.2, -0.15) is 8.42 Å². The van der Waals surface area contributed by atoms with Crippen molar-refractivity contribution < 1.29 is 22.4 Å². The van der Waals surface area contributed by atoms with E-state index in [9.17, 15) is 13.0 Å². The van der Waals surface area contributed by atoms with Crippen molar-refractivity contribution in [3.8, 4) is 0 Å². The van der Waals surface area contributed by atoms with Gasteiger partial charge in [0.15, 0.2) is 6.29 Å². The molecule has 136 valence electrons. The van der Waals surface area contributed by atoms with Crippen molar-refractivity contribution >= 4 is 10.1 Å². The molecule has 4 atom stereocenters. The molecular formula is C18H28O5S. The van der Waals surface area contributed by atoms with Gasteiger partial charge in [0.2, 0.25) is 0 Å². The Hall–Kier alpha value is -0.170. The molecule has 6 rings (SSSR count). The summed E-state index contributed by atoms with van der Waals surface area (Å²) in [6, 6.07) is 0. The molecule has 4 unspecified atom stereocenters. The molecule has 0 aromatic carbocycles. The third-order valence-corrected chi connectivity index (χ3v) is 8.78. The Bertz CT molecular complexity index is 580. The van der Waals surface area contributed by atoms with Gasteiger partial charge in [0.25, 0.3) is 10.1 Å². The van der Waals surface area contributed by atoms with Gasteiger partial charge in [-0.3, -0.25) is 4.55 Å². The van der Waals surface area contributed by atoms with E-state index in [0.29, 0.717) is 18.3 Å². The molecule has 0 amide bonds. The average Bonchev–Trinajstić information content (AvgIpc) is 3.25. The van der Waals surface area contributed by atoms with Crippen LogP contribution < -0.4 is 0 Å². The Morgan fingerprint density at radius 1 is 0.958 bits per heavy atom. The first-order chi connectivity index (χ1) is 11.4. The lowest BCUT2D eigenvalue weighted by Gasteiger charge is -2.56. The first-order valence-corrected chi connectivity index (χ1v) is 11.2. The van der Waals surface area contributed by atoms with Crippen LogP contribution in [0, 0.1) is 23.2 Å². The molecule has 0 spiro atoms. The minimum absolute atomic E-state index is 0.162. The molecule has 1 N–H and O–H groups in total. The summed E-state index contributed by atoms with van der Waals surface area (Å²) in [6.45, 7) is 0. The highest BCUT2D eigenvalue weighted by Crippen LogP contribution is 2.64. The van der Waals surface area contributed by atoms with Crippen LogP contribution in [0.1, 0.15) is 64.2 Å². The Morgan fingerprint density at radius 3 is 2.12 bits per heavy atom. The van der Waals surface area contributed by atoms with Gasteiger partial charge in [-0.1, -0.05) is 12.8 Å². The minimum atomic E-state index is -4.04. The number of epoxide rings is 1. The molecular weight excluding hydrogens is 328 g/mol. The SMILES string of the molecule is O=S(=O)(O)C1CCCCC1OC1OC1C12CC3CC(CC(C3)C1)C2. The number of rotatable bonds is 4. The van der Waals surface area contributed by atoms with E-state index in [1.807, 2.05) is 0 Å². The van der Waals surface area contributed by atoms with Gasteiger partial charge in [-0.25, -0.2) is 0 Å². The molecule has 1 saturated heterocycles. The quantitative estimate of drug-likeness (QED) is 0.618. The molecule has 5 aliphatic carbocycles. The zero-order valence-electron chi connectivity index (χ0n) is 14.1. The van der Waals surface area contributed by atoms with Crippen LogP contribution in [0.4, 0.5) is 0 Å². The Labute approximate surface area is 144 Å². The van der Waals surface area contributed by atoms with Crippen LogP contribution in [0.2, 0.25) is 0 Å². The topological polar surface area (TPSA) is 76.1 Å². The molecule has 6 heteroatoms. The van der Waals surface area contributed by atoms with Crippen molar-refractivity contribution in [3.63, 3.8) is 0 Å². The highest BCUT2D eigenvalue weighted by molar-refractivity contribution is 7.86. The van der Waals surface area contributed by atoms with E-state index in [2.05, 4.69) is 0 Å². The lowest BCUT2D eigenvalue weighted by molar-refractivity contribution is -0.0697. The average molecular weight is 356 g/mol. The Balaban J connectivity index is 1.27. The van der Waals surface area contributed by atoms with Gasteiger partial charge in [0, 0.05) is 5.41 Å². The second-order valence-corrected chi connectivity index (χ2v) is 10.9. The second-order valence-electron chi connectivity index (χ2n) is 9.22. The fourth-order valence-electron chi connectivity index (χ4n) is 6.89. The molecule has 1 aliphatic heterocycles. The summed E-state index contributed by atoms with van der Waals surface area (Å²) >= 11 is 0. The fraction of sp³-hybridized carbons (Fsp3) is 1.00. The van der Waals surface area contributed by atoms with Crippen LogP contribution in [-0.2, 0) is 19.6 Å². The van der Waals surface area contributed by atoms with E-state index >= 15 is 0 Å². The third-order valence-electron chi connectivity index (χ3n) is 7.47. The smallest absolute Gasteiger partial charge is 0.270 e. The summed E-state index contributed by atoms with van der Waals surface area (Å²) in [5.74, 6) is 2.63. The van der Waals surface area contributed by atoms with Crippen LogP contribution in [0.3, 0.4) is 0 Å². The lowest BCUT2D eigenvalue weighted by Crippen LogP contribution is -2.49. The van der Waals surface area contributed by atoms with Gasteiger partial charge in [-0.15, -0.1) is 0 Å². The molecule has 0 radical (unpaired) electrons. The van der Waals surface area contributed by atoms with Gasteiger partial charge in [0.1, 0.15) is 11.4 Å². The Morgan fingerprint density at radius 2 is 1.54 bits per heavy atom. The predicted octanol–water partition coefficient (Wildman–Crippen LogP) is 3.14. The third kappa shape index (κ3) is 2.65. The lowest BCUT2D eigenvalue weighted by atomic mass is 9.48.